The highest BCUT2D eigenvalue weighted by Gasteiger charge is 2.20. The zero-order valence-corrected chi connectivity index (χ0v) is 13.5. The van der Waals surface area contributed by atoms with Gasteiger partial charge in [0.05, 0.1) is 39.2 Å². The molecule has 0 saturated carbocycles. The van der Waals surface area contributed by atoms with Gasteiger partial charge in [-0.25, -0.2) is 8.42 Å². The minimum atomic E-state index is -4.42. The summed E-state index contributed by atoms with van der Waals surface area (Å²) in [6, 6.07) is 0. The van der Waals surface area contributed by atoms with E-state index in [1.54, 1.807) is 6.92 Å². The van der Waals surface area contributed by atoms with Gasteiger partial charge in [-0.3, -0.25) is 8.98 Å². The molecule has 116 valence electrons. The van der Waals surface area contributed by atoms with Crippen LogP contribution in [0, 0.1) is 0 Å². The summed E-state index contributed by atoms with van der Waals surface area (Å²) in [7, 11) is -4.42. The molecule has 0 amide bonds. The van der Waals surface area contributed by atoms with Crippen molar-refractivity contribution >= 4 is 16.2 Å². The van der Waals surface area contributed by atoms with Crippen molar-refractivity contribution in [1.29, 1.82) is 0 Å². The molecule has 0 aliphatic carbocycles. The van der Waals surface area contributed by atoms with Crippen LogP contribution in [0.2, 0.25) is 0 Å². The molecular formula is C12H27NO5S. The fourth-order valence-electron chi connectivity index (χ4n) is 1.68. The molecule has 0 rings (SSSR count). The molecule has 0 saturated heterocycles. The molecule has 0 aromatic carbocycles. The van der Waals surface area contributed by atoms with Gasteiger partial charge in [0, 0.05) is 0 Å². The molecular weight excluding hydrogens is 270 g/mol. The summed E-state index contributed by atoms with van der Waals surface area (Å²) in [4.78, 5) is 10.8. The number of rotatable bonds is 8. The number of ketones is 1. The van der Waals surface area contributed by atoms with E-state index in [4.69, 9.17) is 0 Å². The van der Waals surface area contributed by atoms with E-state index in [9.17, 15) is 17.8 Å². The second-order valence-corrected chi connectivity index (χ2v) is 5.33. The van der Waals surface area contributed by atoms with E-state index in [0.717, 1.165) is 37.1 Å². The third-order valence-electron chi connectivity index (χ3n) is 3.21. The van der Waals surface area contributed by atoms with Gasteiger partial charge in [-0.15, -0.1) is 0 Å². The topological polar surface area (TPSA) is 83.5 Å². The quantitative estimate of drug-likeness (QED) is 0.383. The second-order valence-electron chi connectivity index (χ2n) is 4.28. The van der Waals surface area contributed by atoms with Gasteiger partial charge >= 0.3 is 0 Å². The summed E-state index contributed by atoms with van der Waals surface area (Å²) in [6.07, 6.45) is 0.732. The molecule has 0 radical (unpaired) electrons. The highest BCUT2D eigenvalue weighted by Crippen LogP contribution is 2.07. The fourth-order valence-corrected chi connectivity index (χ4v) is 1.97. The van der Waals surface area contributed by atoms with Gasteiger partial charge in [-0.1, -0.05) is 0 Å². The summed E-state index contributed by atoms with van der Waals surface area (Å²) in [5.74, 6) is 0.313. The highest BCUT2D eigenvalue weighted by atomic mass is 32.3. The lowest BCUT2D eigenvalue weighted by Crippen LogP contribution is -2.48. The van der Waals surface area contributed by atoms with Gasteiger partial charge in [0.15, 0.2) is 0 Å². The first-order valence-corrected chi connectivity index (χ1v) is 7.94. The van der Waals surface area contributed by atoms with Crippen LogP contribution in [0.3, 0.4) is 0 Å². The first kappa shape index (κ1) is 20.8. The van der Waals surface area contributed by atoms with Crippen molar-refractivity contribution in [2.75, 3.05) is 32.8 Å². The number of carbonyl (C=O) groups is 1. The lowest BCUT2D eigenvalue weighted by Gasteiger charge is -2.35. The standard InChI is InChI=1S/C10H22NO.C2H6O4S/c1-5-11(6-2,7-3)9-8-10(4)12;1-2-6-7(3,4)5/h5-9H2,1-4H3;2H2,1H3,(H,3,4,5)/q+1;/p-1. The Morgan fingerprint density at radius 3 is 1.68 bits per heavy atom. The van der Waals surface area contributed by atoms with E-state index in [2.05, 4.69) is 25.0 Å². The molecule has 0 aromatic rings. The van der Waals surface area contributed by atoms with Crippen molar-refractivity contribution in [3.63, 3.8) is 0 Å². The number of hydrogen-bond donors (Lipinski definition) is 0. The predicted octanol–water partition coefficient (Wildman–Crippen LogP) is 1.33. The summed E-state index contributed by atoms with van der Waals surface area (Å²) in [5, 5.41) is 0. The maximum Gasteiger partial charge on any atom is 0.217 e. The minimum absolute atomic E-state index is 0.0914. The average Bonchev–Trinajstić information content (AvgIpc) is 2.30. The van der Waals surface area contributed by atoms with Crippen molar-refractivity contribution in [3.05, 3.63) is 0 Å². The van der Waals surface area contributed by atoms with Crippen molar-refractivity contribution in [2.24, 2.45) is 0 Å². The Labute approximate surface area is 117 Å². The molecule has 0 aliphatic rings. The van der Waals surface area contributed by atoms with Crippen LogP contribution in [0.25, 0.3) is 0 Å². The Morgan fingerprint density at radius 2 is 1.53 bits per heavy atom. The van der Waals surface area contributed by atoms with Gasteiger partial charge in [0.1, 0.15) is 5.78 Å². The Hall–Kier alpha value is -0.500. The normalized spacial score (nSPS) is 11.7. The Kier molecular flexibility index (Phi) is 11.3. The molecule has 0 atom stereocenters. The molecule has 0 aliphatic heterocycles. The van der Waals surface area contributed by atoms with E-state index >= 15 is 0 Å². The Morgan fingerprint density at radius 1 is 1.11 bits per heavy atom. The largest absolute Gasteiger partial charge is 0.726 e. The highest BCUT2D eigenvalue weighted by molar-refractivity contribution is 7.80. The predicted molar refractivity (Wildman–Crippen MR) is 73.4 cm³/mol. The van der Waals surface area contributed by atoms with Crippen LogP contribution in [0.15, 0.2) is 0 Å². The first-order valence-electron chi connectivity index (χ1n) is 6.61. The summed E-state index contributed by atoms with van der Waals surface area (Å²) in [5.41, 5.74) is 0. The van der Waals surface area contributed by atoms with Crippen LogP contribution >= 0.6 is 0 Å². The number of Topliss-reactive ketones (excluding diaryl/α,β-unsaturated/α-hetero) is 1. The van der Waals surface area contributed by atoms with Crippen LogP contribution in [-0.4, -0.2) is 56.0 Å². The summed E-state index contributed by atoms with van der Waals surface area (Å²) < 4.78 is 33.1. The van der Waals surface area contributed by atoms with Gasteiger partial charge in [0.2, 0.25) is 10.4 Å². The smallest absolute Gasteiger partial charge is 0.217 e. The minimum Gasteiger partial charge on any atom is -0.726 e. The lowest BCUT2D eigenvalue weighted by molar-refractivity contribution is -0.922. The Bertz CT molecular complexity index is 328. The third-order valence-corrected chi connectivity index (χ3v) is 3.74. The van der Waals surface area contributed by atoms with Gasteiger partial charge in [-0.2, -0.15) is 0 Å². The molecule has 0 aromatic heterocycles. The zero-order valence-electron chi connectivity index (χ0n) is 12.6. The monoisotopic (exact) mass is 297 g/mol. The van der Waals surface area contributed by atoms with E-state index in [1.807, 2.05) is 0 Å². The molecule has 7 heteroatoms. The fraction of sp³-hybridized carbons (Fsp3) is 0.917. The summed E-state index contributed by atoms with van der Waals surface area (Å²) >= 11 is 0. The molecule has 0 fully saturated rings. The molecule has 0 unspecified atom stereocenters. The van der Waals surface area contributed by atoms with Crippen molar-refractivity contribution < 1.29 is 26.4 Å². The lowest BCUT2D eigenvalue weighted by atomic mass is 10.2. The van der Waals surface area contributed by atoms with Gasteiger partial charge < -0.3 is 9.04 Å². The average molecular weight is 297 g/mol. The van der Waals surface area contributed by atoms with Crippen LogP contribution in [0.5, 0.6) is 0 Å². The Balaban J connectivity index is 0. The first-order chi connectivity index (χ1) is 8.66. The van der Waals surface area contributed by atoms with Crippen molar-refractivity contribution in [3.8, 4) is 0 Å². The maximum absolute atomic E-state index is 10.8. The van der Waals surface area contributed by atoms with Crippen LogP contribution in [0.1, 0.15) is 41.0 Å². The van der Waals surface area contributed by atoms with Gasteiger partial charge in [-0.05, 0) is 34.6 Å². The molecule has 6 nitrogen and oxygen atoms in total. The van der Waals surface area contributed by atoms with Crippen molar-refractivity contribution in [1.82, 2.24) is 0 Å². The van der Waals surface area contributed by atoms with Gasteiger partial charge in [0.25, 0.3) is 0 Å². The molecule has 0 bridgehead atoms. The molecule has 0 N–H and O–H groups in total. The van der Waals surface area contributed by atoms with Crippen LogP contribution in [-0.2, 0) is 19.4 Å². The number of carbonyl (C=O) groups excluding carboxylic acids is 1. The van der Waals surface area contributed by atoms with E-state index in [1.165, 1.54) is 6.92 Å². The van der Waals surface area contributed by atoms with E-state index in [-0.39, 0.29) is 6.61 Å². The van der Waals surface area contributed by atoms with E-state index in [0.29, 0.717) is 5.78 Å². The second kappa shape index (κ2) is 10.3. The van der Waals surface area contributed by atoms with Crippen LogP contribution < -0.4 is 0 Å². The van der Waals surface area contributed by atoms with Crippen LogP contribution in [0.4, 0.5) is 0 Å². The van der Waals surface area contributed by atoms with E-state index < -0.39 is 10.4 Å². The summed E-state index contributed by atoms with van der Waals surface area (Å²) in [6.45, 7) is 14.0. The third kappa shape index (κ3) is 12.3. The van der Waals surface area contributed by atoms with Crippen molar-refractivity contribution in [2.45, 2.75) is 41.0 Å². The number of nitrogens with zero attached hydrogens (tertiary/aromatic N) is 1. The molecule has 0 heterocycles. The molecule has 19 heavy (non-hydrogen) atoms. The number of hydrogen-bond acceptors (Lipinski definition) is 5. The number of quaternary nitrogens is 1. The maximum atomic E-state index is 10.8. The molecule has 0 spiro atoms. The zero-order chi connectivity index (χ0) is 15.5. The SMILES string of the molecule is CCOS(=O)(=O)[O-].CC[N+](CC)(CC)CCC(C)=O.